The second-order valence-corrected chi connectivity index (χ2v) is 5.05. The van der Waals surface area contributed by atoms with Crippen LogP contribution in [0.3, 0.4) is 0 Å². The summed E-state index contributed by atoms with van der Waals surface area (Å²) in [4.78, 5) is 14.3. The summed E-state index contributed by atoms with van der Waals surface area (Å²) >= 11 is 0. The van der Waals surface area contributed by atoms with E-state index in [1.807, 2.05) is 0 Å². The number of hydrogen-bond donors (Lipinski definition) is 0. The molecule has 1 aliphatic rings. The Labute approximate surface area is 106 Å². The van der Waals surface area contributed by atoms with E-state index in [2.05, 4.69) is 18.7 Å². The van der Waals surface area contributed by atoms with Crippen LogP contribution in [0.1, 0.15) is 52.4 Å². The fourth-order valence-corrected chi connectivity index (χ4v) is 2.28. The molecule has 0 radical (unpaired) electrons. The third-order valence-corrected chi connectivity index (χ3v) is 3.50. The molecule has 0 saturated heterocycles. The molecule has 1 fully saturated rings. The van der Waals surface area contributed by atoms with Crippen molar-refractivity contribution in [2.75, 3.05) is 20.2 Å². The van der Waals surface area contributed by atoms with E-state index in [4.69, 9.17) is 4.74 Å². The summed E-state index contributed by atoms with van der Waals surface area (Å²) in [7, 11) is 1.51. The number of unbranched alkanes of at least 4 members (excludes halogenated alkanes) is 2. The maximum absolute atomic E-state index is 11.9. The Bertz CT molecular complexity index is 218. The van der Waals surface area contributed by atoms with Crippen LogP contribution < -0.4 is 0 Å². The van der Waals surface area contributed by atoms with E-state index < -0.39 is 0 Å². The molecule has 0 aromatic rings. The van der Waals surface area contributed by atoms with Crippen LogP contribution in [-0.4, -0.2) is 37.1 Å². The van der Waals surface area contributed by atoms with Gasteiger partial charge in [0.15, 0.2) is 0 Å². The molecule has 0 heterocycles. The first-order chi connectivity index (χ1) is 8.24. The van der Waals surface area contributed by atoms with E-state index in [1.165, 1.54) is 45.6 Å². The standard InChI is InChI=1S/C14H27NO2/c1-4-6-10-15(11-7-5-2)13(12-8-9-12)14(16)17-3/h12-13H,4-11H2,1-3H3. The topological polar surface area (TPSA) is 29.5 Å². The predicted molar refractivity (Wildman–Crippen MR) is 69.9 cm³/mol. The van der Waals surface area contributed by atoms with Crippen molar-refractivity contribution in [1.82, 2.24) is 4.90 Å². The highest BCUT2D eigenvalue weighted by Gasteiger charge is 2.40. The largest absolute Gasteiger partial charge is 0.468 e. The number of methoxy groups -OCH3 is 1. The van der Waals surface area contributed by atoms with E-state index in [0.29, 0.717) is 5.92 Å². The van der Waals surface area contributed by atoms with E-state index in [-0.39, 0.29) is 12.0 Å². The van der Waals surface area contributed by atoms with E-state index in [9.17, 15) is 4.79 Å². The SMILES string of the molecule is CCCCN(CCCC)C(C(=O)OC)C1CC1. The van der Waals surface area contributed by atoms with Gasteiger partial charge in [-0.25, -0.2) is 0 Å². The first kappa shape index (κ1) is 14.5. The normalized spacial score (nSPS) is 17.2. The Morgan fingerprint density at radius 3 is 2.12 bits per heavy atom. The fourth-order valence-electron chi connectivity index (χ4n) is 2.28. The molecule has 0 amide bonds. The zero-order chi connectivity index (χ0) is 12.7. The third kappa shape index (κ3) is 4.66. The van der Waals surface area contributed by atoms with Crippen LogP contribution in [0.25, 0.3) is 0 Å². The van der Waals surface area contributed by atoms with Crippen LogP contribution in [-0.2, 0) is 9.53 Å². The molecule has 0 aromatic heterocycles. The Morgan fingerprint density at radius 1 is 1.24 bits per heavy atom. The summed E-state index contributed by atoms with van der Waals surface area (Å²) in [6, 6.07) is 0.0260. The number of ether oxygens (including phenoxy) is 1. The molecule has 17 heavy (non-hydrogen) atoms. The second kappa shape index (κ2) is 7.70. The van der Waals surface area contributed by atoms with Gasteiger partial charge in [-0.3, -0.25) is 9.69 Å². The Morgan fingerprint density at radius 2 is 1.76 bits per heavy atom. The van der Waals surface area contributed by atoms with Crippen molar-refractivity contribution in [2.45, 2.75) is 58.4 Å². The van der Waals surface area contributed by atoms with Gasteiger partial charge in [0.2, 0.25) is 0 Å². The average Bonchev–Trinajstić information content (AvgIpc) is 3.16. The van der Waals surface area contributed by atoms with Crippen molar-refractivity contribution >= 4 is 5.97 Å². The van der Waals surface area contributed by atoms with E-state index >= 15 is 0 Å². The van der Waals surface area contributed by atoms with Gasteiger partial charge >= 0.3 is 5.97 Å². The van der Waals surface area contributed by atoms with Crippen LogP contribution in [0, 0.1) is 5.92 Å². The molecule has 1 atom stereocenters. The molecule has 0 bridgehead atoms. The van der Waals surface area contributed by atoms with Gasteiger partial charge in [0.05, 0.1) is 7.11 Å². The van der Waals surface area contributed by atoms with E-state index in [1.54, 1.807) is 0 Å². The molecule has 0 spiro atoms. The maximum atomic E-state index is 11.9. The fraction of sp³-hybridized carbons (Fsp3) is 0.929. The van der Waals surface area contributed by atoms with Crippen molar-refractivity contribution in [1.29, 1.82) is 0 Å². The highest BCUT2D eigenvalue weighted by molar-refractivity contribution is 5.76. The minimum atomic E-state index is -0.0280. The molecule has 1 rings (SSSR count). The molecule has 0 N–H and O–H groups in total. The molecule has 1 unspecified atom stereocenters. The lowest BCUT2D eigenvalue weighted by atomic mass is 10.1. The summed E-state index contributed by atoms with van der Waals surface area (Å²) in [5.74, 6) is 0.524. The van der Waals surface area contributed by atoms with Crippen LogP contribution in [0.4, 0.5) is 0 Å². The van der Waals surface area contributed by atoms with Crippen molar-refractivity contribution in [3.05, 3.63) is 0 Å². The third-order valence-electron chi connectivity index (χ3n) is 3.50. The molecular weight excluding hydrogens is 214 g/mol. The van der Waals surface area contributed by atoms with Crippen molar-refractivity contribution in [2.24, 2.45) is 5.92 Å². The number of hydrogen-bond acceptors (Lipinski definition) is 3. The van der Waals surface area contributed by atoms with Crippen molar-refractivity contribution in [3.63, 3.8) is 0 Å². The first-order valence-corrected chi connectivity index (χ1v) is 7.06. The van der Waals surface area contributed by atoms with Crippen LogP contribution in [0.2, 0.25) is 0 Å². The van der Waals surface area contributed by atoms with Crippen LogP contribution >= 0.6 is 0 Å². The van der Waals surface area contributed by atoms with Crippen LogP contribution in [0.5, 0.6) is 0 Å². The van der Waals surface area contributed by atoms with Gasteiger partial charge in [0.1, 0.15) is 6.04 Å². The Balaban J connectivity index is 2.57. The zero-order valence-electron chi connectivity index (χ0n) is 11.6. The molecule has 0 aromatic carbocycles. The van der Waals surface area contributed by atoms with Gasteiger partial charge in [-0.1, -0.05) is 26.7 Å². The van der Waals surface area contributed by atoms with Gasteiger partial charge in [0, 0.05) is 0 Å². The number of nitrogens with zero attached hydrogens (tertiary/aromatic N) is 1. The average molecular weight is 241 g/mol. The highest BCUT2D eigenvalue weighted by Crippen LogP contribution is 2.36. The summed E-state index contributed by atoms with van der Waals surface area (Å²) in [6.45, 7) is 6.46. The molecule has 0 aliphatic heterocycles. The minimum Gasteiger partial charge on any atom is -0.468 e. The zero-order valence-corrected chi connectivity index (χ0v) is 11.6. The maximum Gasteiger partial charge on any atom is 0.323 e. The summed E-state index contributed by atoms with van der Waals surface area (Å²) < 4.78 is 4.97. The number of carbonyl (C=O) groups is 1. The smallest absolute Gasteiger partial charge is 0.323 e. The summed E-state index contributed by atoms with van der Waals surface area (Å²) in [5.41, 5.74) is 0. The summed E-state index contributed by atoms with van der Waals surface area (Å²) in [6.07, 6.45) is 7.08. The van der Waals surface area contributed by atoms with Crippen LogP contribution in [0.15, 0.2) is 0 Å². The molecule has 1 saturated carbocycles. The first-order valence-electron chi connectivity index (χ1n) is 7.06. The predicted octanol–water partition coefficient (Wildman–Crippen LogP) is 2.84. The number of rotatable bonds is 9. The molecule has 100 valence electrons. The lowest BCUT2D eigenvalue weighted by Gasteiger charge is -2.29. The van der Waals surface area contributed by atoms with Crippen molar-refractivity contribution < 1.29 is 9.53 Å². The van der Waals surface area contributed by atoms with Gasteiger partial charge in [-0.05, 0) is 44.7 Å². The molecule has 3 nitrogen and oxygen atoms in total. The molecular formula is C14H27NO2. The van der Waals surface area contributed by atoms with Gasteiger partial charge in [-0.15, -0.1) is 0 Å². The lowest BCUT2D eigenvalue weighted by Crippen LogP contribution is -2.44. The quantitative estimate of drug-likeness (QED) is 0.581. The monoisotopic (exact) mass is 241 g/mol. The number of esters is 1. The van der Waals surface area contributed by atoms with Gasteiger partial charge < -0.3 is 4.74 Å². The minimum absolute atomic E-state index is 0.0260. The lowest BCUT2D eigenvalue weighted by molar-refractivity contribution is -0.148. The Hall–Kier alpha value is -0.570. The van der Waals surface area contributed by atoms with Gasteiger partial charge in [0.25, 0.3) is 0 Å². The van der Waals surface area contributed by atoms with Gasteiger partial charge in [-0.2, -0.15) is 0 Å². The highest BCUT2D eigenvalue weighted by atomic mass is 16.5. The van der Waals surface area contributed by atoms with Crippen molar-refractivity contribution in [3.8, 4) is 0 Å². The Kier molecular flexibility index (Phi) is 6.56. The molecule has 3 heteroatoms. The second-order valence-electron chi connectivity index (χ2n) is 5.05. The number of carbonyl (C=O) groups excluding carboxylic acids is 1. The molecule has 1 aliphatic carbocycles. The summed E-state index contributed by atoms with van der Waals surface area (Å²) in [5, 5.41) is 0. The van der Waals surface area contributed by atoms with E-state index in [0.717, 1.165) is 13.1 Å².